The highest BCUT2D eigenvalue weighted by atomic mass is 16.5. The highest BCUT2D eigenvalue weighted by molar-refractivity contribution is 5.99. The Morgan fingerprint density at radius 1 is 1.00 bits per heavy atom. The maximum Gasteiger partial charge on any atom is 0.255 e. The summed E-state index contributed by atoms with van der Waals surface area (Å²) in [6.45, 7) is 2.70. The van der Waals surface area contributed by atoms with Crippen molar-refractivity contribution in [1.82, 2.24) is 5.32 Å². The highest BCUT2D eigenvalue weighted by Gasteiger charge is 2.35. The van der Waals surface area contributed by atoms with Crippen LogP contribution in [-0.2, 0) is 6.42 Å². The number of rotatable bonds is 10. The number of methoxy groups -OCH3 is 3. The second-order valence-corrected chi connectivity index (χ2v) is 8.10. The fraction of sp³-hybridized carbons (Fsp3) is 0.480. The van der Waals surface area contributed by atoms with Gasteiger partial charge in [0.1, 0.15) is 5.75 Å². The highest BCUT2D eigenvalue weighted by Crippen LogP contribution is 2.48. The number of nitrogens with two attached hydrogens (primary N) is 1. The van der Waals surface area contributed by atoms with Crippen LogP contribution < -0.4 is 30.0 Å². The van der Waals surface area contributed by atoms with Crippen LogP contribution in [0.15, 0.2) is 30.3 Å². The molecule has 0 bridgehead atoms. The third kappa shape index (κ3) is 4.93. The van der Waals surface area contributed by atoms with Gasteiger partial charge in [0, 0.05) is 11.6 Å². The fourth-order valence-electron chi connectivity index (χ4n) is 4.37. The zero-order valence-corrected chi connectivity index (χ0v) is 19.5. The van der Waals surface area contributed by atoms with E-state index in [4.69, 9.17) is 24.7 Å². The third-order valence-electron chi connectivity index (χ3n) is 6.21. The number of carbonyl (C=O) groups excluding carboxylic acids is 1. The first-order valence-corrected chi connectivity index (χ1v) is 11.1. The lowest BCUT2D eigenvalue weighted by Crippen LogP contribution is -2.45. The molecule has 7 nitrogen and oxygen atoms in total. The molecule has 2 aromatic carbocycles. The summed E-state index contributed by atoms with van der Waals surface area (Å²) in [6, 6.07) is 9.32. The molecule has 2 aromatic rings. The minimum atomic E-state index is -0.213. The summed E-state index contributed by atoms with van der Waals surface area (Å²) in [5.74, 6) is 1.76. The van der Waals surface area contributed by atoms with Gasteiger partial charge in [-0.05, 0) is 49.9 Å². The zero-order chi connectivity index (χ0) is 23.1. The molecule has 0 unspecified atom stereocenters. The van der Waals surface area contributed by atoms with Crippen LogP contribution in [-0.4, -0.2) is 39.3 Å². The Labute approximate surface area is 190 Å². The first-order chi connectivity index (χ1) is 15.5. The SMILES string of the molecule is CCC1(NC(=O)c2cc(Oc3ccc(CCN)cc3)c(OC)c(OC)c2OC)CCCC1. The lowest BCUT2D eigenvalue weighted by Gasteiger charge is -2.29. The molecule has 0 aromatic heterocycles. The van der Waals surface area contributed by atoms with E-state index < -0.39 is 0 Å². The van der Waals surface area contributed by atoms with Gasteiger partial charge < -0.3 is 30.0 Å². The molecular weight excluding hydrogens is 408 g/mol. The Kier molecular flexibility index (Phi) is 7.85. The van der Waals surface area contributed by atoms with E-state index in [1.54, 1.807) is 6.07 Å². The molecule has 1 amide bonds. The minimum absolute atomic E-state index is 0.185. The predicted molar refractivity (Wildman–Crippen MR) is 124 cm³/mol. The van der Waals surface area contributed by atoms with E-state index in [1.165, 1.54) is 21.3 Å². The molecule has 3 N–H and O–H groups in total. The quantitative estimate of drug-likeness (QED) is 0.564. The van der Waals surface area contributed by atoms with Gasteiger partial charge in [-0.1, -0.05) is 31.9 Å². The number of hydrogen-bond donors (Lipinski definition) is 2. The fourth-order valence-corrected chi connectivity index (χ4v) is 4.37. The number of amides is 1. The second kappa shape index (κ2) is 10.6. The smallest absolute Gasteiger partial charge is 0.255 e. The molecule has 3 rings (SSSR count). The molecule has 1 aliphatic carbocycles. The van der Waals surface area contributed by atoms with Crippen molar-refractivity contribution in [1.29, 1.82) is 0 Å². The van der Waals surface area contributed by atoms with Gasteiger partial charge >= 0.3 is 0 Å². The molecular formula is C25H34N2O5. The maximum atomic E-state index is 13.4. The Hall–Kier alpha value is -2.93. The van der Waals surface area contributed by atoms with E-state index in [1.807, 2.05) is 24.3 Å². The van der Waals surface area contributed by atoms with E-state index in [0.717, 1.165) is 44.1 Å². The average molecular weight is 443 g/mol. The molecule has 7 heteroatoms. The van der Waals surface area contributed by atoms with Crippen molar-refractivity contribution in [2.24, 2.45) is 5.73 Å². The molecule has 0 radical (unpaired) electrons. The van der Waals surface area contributed by atoms with Crippen molar-refractivity contribution in [2.75, 3.05) is 27.9 Å². The van der Waals surface area contributed by atoms with Gasteiger partial charge in [0.05, 0.1) is 26.9 Å². The summed E-state index contributed by atoms with van der Waals surface area (Å²) >= 11 is 0. The number of ether oxygens (including phenoxy) is 4. The van der Waals surface area contributed by atoms with E-state index in [0.29, 0.717) is 40.9 Å². The van der Waals surface area contributed by atoms with E-state index in [-0.39, 0.29) is 11.4 Å². The van der Waals surface area contributed by atoms with Crippen LogP contribution in [0.2, 0.25) is 0 Å². The van der Waals surface area contributed by atoms with Crippen LogP contribution in [0, 0.1) is 0 Å². The van der Waals surface area contributed by atoms with Gasteiger partial charge in [0.15, 0.2) is 11.5 Å². The monoisotopic (exact) mass is 442 g/mol. The van der Waals surface area contributed by atoms with Crippen molar-refractivity contribution in [3.05, 3.63) is 41.5 Å². The van der Waals surface area contributed by atoms with Crippen molar-refractivity contribution >= 4 is 5.91 Å². The van der Waals surface area contributed by atoms with Crippen molar-refractivity contribution in [2.45, 2.75) is 51.0 Å². The van der Waals surface area contributed by atoms with Crippen LogP contribution in [0.4, 0.5) is 0 Å². The number of hydrogen-bond acceptors (Lipinski definition) is 6. The third-order valence-corrected chi connectivity index (χ3v) is 6.21. The molecule has 0 heterocycles. The molecule has 174 valence electrons. The molecule has 0 saturated heterocycles. The maximum absolute atomic E-state index is 13.4. The lowest BCUT2D eigenvalue weighted by atomic mass is 9.93. The molecule has 0 spiro atoms. The predicted octanol–water partition coefficient (Wildman–Crippen LogP) is 4.46. The standard InChI is InChI=1S/C25H34N2O5/c1-5-25(13-6-7-14-25)27-24(28)19-16-20(22(30-3)23(31-4)21(19)29-2)32-18-10-8-17(9-11-18)12-15-26/h8-11,16H,5-7,12-15,26H2,1-4H3,(H,27,28). The average Bonchev–Trinajstić information content (AvgIpc) is 3.28. The number of nitrogens with one attached hydrogen (secondary N) is 1. The van der Waals surface area contributed by atoms with Gasteiger partial charge in [0.2, 0.25) is 11.5 Å². The number of benzene rings is 2. The Morgan fingerprint density at radius 3 is 2.16 bits per heavy atom. The van der Waals surface area contributed by atoms with Gasteiger partial charge in [0.25, 0.3) is 5.91 Å². The Morgan fingerprint density at radius 2 is 1.62 bits per heavy atom. The molecule has 32 heavy (non-hydrogen) atoms. The summed E-state index contributed by atoms with van der Waals surface area (Å²) in [5, 5.41) is 3.25. The summed E-state index contributed by atoms with van der Waals surface area (Å²) in [6.07, 6.45) is 5.86. The molecule has 0 atom stereocenters. The van der Waals surface area contributed by atoms with Gasteiger partial charge in [-0.25, -0.2) is 0 Å². The molecule has 1 aliphatic rings. The van der Waals surface area contributed by atoms with E-state index in [2.05, 4.69) is 12.2 Å². The topological polar surface area (TPSA) is 92.0 Å². The molecule has 1 fully saturated rings. The van der Waals surface area contributed by atoms with Crippen LogP contribution >= 0.6 is 0 Å². The Balaban J connectivity index is 2.00. The first-order valence-electron chi connectivity index (χ1n) is 11.1. The van der Waals surface area contributed by atoms with Crippen LogP contribution in [0.1, 0.15) is 54.9 Å². The van der Waals surface area contributed by atoms with E-state index in [9.17, 15) is 4.79 Å². The summed E-state index contributed by atoms with van der Waals surface area (Å²) in [7, 11) is 4.55. The van der Waals surface area contributed by atoms with Crippen LogP contribution in [0.25, 0.3) is 0 Å². The van der Waals surface area contributed by atoms with Crippen LogP contribution in [0.5, 0.6) is 28.7 Å². The second-order valence-electron chi connectivity index (χ2n) is 8.10. The Bertz CT molecular complexity index is 921. The van der Waals surface area contributed by atoms with Crippen LogP contribution in [0.3, 0.4) is 0 Å². The summed E-state index contributed by atoms with van der Waals surface area (Å²) in [4.78, 5) is 13.4. The first kappa shape index (κ1) is 23.7. The lowest BCUT2D eigenvalue weighted by molar-refractivity contribution is 0.0892. The zero-order valence-electron chi connectivity index (χ0n) is 19.5. The molecule has 1 saturated carbocycles. The minimum Gasteiger partial charge on any atom is -0.492 e. The van der Waals surface area contributed by atoms with Crippen molar-refractivity contribution in [3.63, 3.8) is 0 Å². The van der Waals surface area contributed by atoms with Crippen molar-refractivity contribution in [3.8, 4) is 28.7 Å². The van der Waals surface area contributed by atoms with E-state index >= 15 is 0 Å². The van der Waals surface area contributed by atoms with Crippen molar-refractivity contribution < 1.29 is 23.7 Å². The largest absolute Gasteiger partial charge is 0.492 e. The number of carbonyl (C=O) groups is 1. The summed E-state index contributed by atoms with van der Waals surface area (Å²) in [5.41, 5.74) is 6.92. The molecule has 0 aliphatic heterocycles. The van der Waals surface area contributed by atoms with Gasteiger partial charge in [-0.15, -0.1) is 0 Å². The van der Waals surface area contributed by atoms with Gasteiger partial charge in [-0.3, -0.25) is 4.79 Å². The normalized spacial score (nSPS) is 14.7. The summed E-state index contributed by atoms with van der Waals surface area (Å²) < 4.78 is 22.8. The van der Waals surface area contributed by atoms with Gasteiger partial charge in [-0.2, -0.15) is 0 Å².